The van der Waals surface area contributed by atoms with Gasteiger partial charge < -0.3 is 0 Å². The molecule has 0 aromatic rings. The topological polar surface area (TPSA) is 0 Å². The van der Waals surface area contributed by atoms with Crippen LogP contribution in [-0.2, 0) is 0 Å². The summed E-state index contributed by atoms with van der Waals surface area (Å²) in [5.74, 6) is 0. The van der Waals surface area contributed by atoms with Crippen LogP contribution in [0, 0.1) is 0 Å². The Balaban J connectivity index is -0.00000000333. The van der Waals surface area contributed by atoms with Gasteiger partial charge >= 0.3 is 0 Å². The quantitative estimate of drug-likeness (QED) is 0.476. The highest BCUT2D eigenvalue weighted by Crippen LogP contribution is 1.56. The van der Waals surface area contributed by atoms with Gasteiger partial charge in [0.05, 0.1) is 0 Å². The molecule has 0 aliphatic rings. The van der Waals surface area contributed by atoms with Crippen molar-refractivity contribution in [1.82, 2.24) is 0 Å². The molecule has 0 saturated carbocycles. The van der Waals surface area contributed by atoms with Crippen LogP contribution in [0.3, 0.4) is 0 Å². The molecule has 7 heavy (non-hydrogen) atoms. The van der Waals surface area contributed by atoms with Gasteiger partial charge in [0.2, 0.25) is 0 Å². The summed E-state index contributed by atoms with van der Waals surface area (Å²) >= 11 is 0. The number of hydrogen-bond acceptors (Lipinski definition) is 0. The molecule has 0 nitrogen and oxygen atoms in total. The lowest BCUT2D eigenvalue weighted by Crippen LogP contribution is -1.27. The zero-order valence-corrected chi connectivity index (χ0v) is 5.16. The van der Waals surface area contributed by atoms with Crippen molar-refractivity contribution in [3.8, 4) is 0 Å². The normalized spacial score (nSPS) is 2.57. The van der Waals surface area contributed by atoms with Gasteiger partial charge in [0.15, 0.2) is 0 Å². The van der Waals surface area contributed by atoms with Gasteiger partial charge in [-0.15, -0.1) is 24.8 Å². The molecule has 0 radical (unpaired) electrons. The van der Waals surface area contributed by atoms with Gasteiger partial charge in [-0.2, -0.15) is 0 Å². The minimum Gasteiger partial charge on any atom is -0.147 e. The minimum absolute atomic E-state index is 0. The third kappa shape index (κ3) is 246. The molecule has 3 heteroatoms. The second-order valence-corrected chi connectivity index (χ2v) is 0.707. The molecule has 0 aromatic heterocycles. The van der Waals surface area contributed by atoms with Crippen LogP contribution in [0.1, 0.15) is 27.7 Å². The number of halogens is 2. The van der Waals surface area contributed by atoms with E-state index in [1.807, 2.05) is 0 Å². The summed E-state index contributed by atoms with van der Waals surface area (Å²) in [6, 6.07) is 0. The summed E-state index contributed by atoms with van der Waals surface area (Å²) in [5, 5.41) is 0. The first-order chi connectivity index (χ1) is 1.41. The van der Waals surface area contributed by atoms with E-state index in [4.69, 9.17) is 0 Å². The van der Waals surface area contributed by atoms with Crippen molar-refractivity contribution in [2.45, 2.75) is 27.7 Å². The fourth-order valence-electron chi connectivity index (χ4n) is 0. The zero-order chi connectivity index (χ0) is 2.71. The van der Waals surface area contributed by atoms with Crippen LogP contribution in [0.4, 0.5) is 0 Å². The van der Waals surface area contributed by atoms with E-state index in [1.165, 1.54) is 6.42 Å². The highest BCUT2D eigenvalue weighted by molar-refractivity contribution is 5.85. The molecule has 0 aromatic carbocycles. The highest BCUT2D eigenvalue weighted by atomic mass is 35.5. The Bertz CT molecular complexity index is 9.65. The Labute approximate surface area is 63.9 Å². The van der Waals surface area contributed by atoms with E-state index in [2.05, 4.69) is 13.8 Å². The monoisotopic (exact) mass is 164 g/mol. The van der Waals surface area contributed by atoms with Crippen molar-refractivity contribution in [2.75, 3.05) is 0 Å². The molecule has 0 aliphatic carbocycles. The summed E-state index contributed by atoms with van der Waals surface area (Å²) in [5.41, 5.74) is 0. The fraction of sp³-hybridized carbons (Fsp3) is 1.00. The lowest BCUT2D eigenvalue weighted by Gasteiger charge is -1.48. The molecule has 0 aliphatic heterocycles. The molecule has 0 heterocycles. The van der Waals surface area contributed by atoms with Gasteiger partial charge in [0.25, 0.3) is 0 Å². The van der Waals surface area contributed by atoms with Crippen LogP contribution >= 0.6 is 24.8 Å². The molecular formula is C4H18Cl2Si. The molecule has 0 unspecified atom stereocenters. The van der Waals surface area contributed by atoms with Gasteiger partial charge in [0, 0.05) is 0 Å². The second kappa shape index (κ2) is 70.7. The van der Waals surface area contributed by atoms with Crippen LogP contribution in [0.5, 0.6) is 0 Å². The van der Waals surface area contributed by atoms with Crippen molar-refractivity contribution in [1.29, 1.82) is 0 Å². The molecule has 0 spiro atoms. The van der Waals surface area contributed by atoms with E-state index in [0.717, 1.165) is 0 Å². The van der Waals surface area contributed by atoms with Gasteiger partial charge in [-0.25, -0.2) is 0 Å². The average Bonchev–Trinajstić information content (AvgIpc) is 0.918. The molecule has 0 saturated heterocycles. The maximum atomic E-state index is 2.12. The summed E-state index contributed by atoms with van der Waals surface area (Å²) in [6.07, 6.45) is 1.25. The van der Waals surface area contributed by atoms with E-state index in [-0.39, 0.29) is 43.2 Å². The Hall–Kier alpha value is 0.797. The Kier molecular flexibility index (Phi) is 465. The standard InChI is InChI=1S/C3H8.CH4.2ClH.H4Si/c1-3-2;;;;/h3H2,1-2H3;1H4;2*1H;1H4. The summed E-state index contributed by atoms with van der Waals surface area (Å²) < 4.78 is 0. The van der Waals surface area contributed by atoms with Crippen LogP contribution in [-0.4, -0.2) is 11.0 Å². The SMILES string of the molecule is C.CCC.Cl.Cl.[SiH4]. The van der Waals surface area contributed by atoms with Gasteiger partial charge in [-0.3, -0.25) is 0 Å². The van der Waals surface area contributed by atoms with Crippen molar-refractivity contribution < 1.29 is 0 Å². The average molecular weight is 165 g/mol. The van der Waals surface area contributed by atoms with Crippen LogP contribution in [0.2, 0.25) is 0 Å². The van der Waals surface area contributed by atoms with Crippen LogP contribution in [0.25, 0.3) is 0 Å². The molecule has 0 rings (SSSR count). The van der Waals surface area contributed by atoms with Crippen LogP contribution in [0.15, 0.2) is 0 Å². The molecular weight excluding hydrogens is 147 g/mol. The lowest BCUT2D eigenvalue weighted by molar-refractivity contribution is 1.09. The maximum Gasteiger partial charge on any atom is -0.0149 e. The molecule has 0 fully saturated rings. The van der Waals surface area contributed by atoms with E-state index in [1.54, 1.807) is 0 Å². The maximum absolute atomic E-state index is 2.12. The van der Waals surface area contributed by atoms with Gasteiger partial charge in [-0.05, 0) is 11.0 Å². The van der Waals surface area contributed by atoms with Crippen molar-refractivity contribution in [3.63, 3.8) is 0 Å². The van der Waals surface area contributed by atoms with E-state index < -0.39 is 0 Å². The minimum atomic E-state index is 0. The molecule has 52 valence electrons. The largest absolute Gasteiger partial charge is 0.147 e. The van der Waals surface area contributed by atoms with Crippen molar-refractivity contribution in [3.05, 3.63) is 0 Å². The predicted octanol–water partition coefficient (Wildman–Crippen LogP) is 1.44. The van der Waals surface area contributed by atoms with E-state index in [0.29, 0.717) is 0 Å². The fourth-order valence-corrected chi connectivity index (χ4v) is 0. The number of hydrogen-bond donors (Lipinski definition) is 0. The van der Waals surface area contributed by atoms with Crippen molar-refractivity contribution in [2.24, 2.45) is 0 Å². The molecule has 0 N–H and O–H groups in total. The molecule has 0 bridgehead atoms. The van der Waals surface area contributed by atoms with Crippen LogP contribution < -0.4 is 0 Å². The summed E-state index contributed by atoms with van der Waals surface area (Å²) in [7, 11) is 0. The predicted molar refractivity (Wildman–Crippen MR) is 48.5 cm³/mol. The Morgan fingerprint density at radius 1 is 1.00 bits per heavy atom. The van der Waals surface area contributed by atoms with Gasteiger partial charge in [0.1, 0.15) is 0 Å². The first-order valence-corrected chi connectivity index (χ1v) is 1.41. The smallest absolute Gasteiger partial charge is 0.0149 e. The molecule has 0 atom stereocenters. The number of rotatable bonds is 0. The first-order valence-electron chi connectivity index (χ1n) is 1.41. The second-order valence-electron chi connectivity index (χ2n) is 0.707. The van der Waals surface area contributed by atoms with E-state index in [9.17, 15) is 0 Å². The third-order valence-corrected chi connectivity index (χ3v) is 0. The van der Waals surface area contributed by atoms with Gasteiger partial charge in [-0.1, -0.05) is 27.7 Å². The van der Waals surface area contributed by atoms with E-state index >= 15 is 0 Å². The third-order valence-electron chi connectivity index (χ3n) is 0. The zero-order valence-electron chi connectivity index (χ0n) is 3.52. The lowest BCUT2D eigenvalue weighted by atomic mass is 10.6. The highest BCUT2D eigenvalue weighted by Gasteiger charge is 1.35. The Morgan fingerprint density at radius 2 is 1.00 bits per heavy atom. The van der Waals surface area contributed by atoms with Crippen molar-refractivity contribution >= 4 is 35.8 Å². The molecule has 0 amide bonds. The summed E-state index contributed by atoms with van der Waals surface area (Å²) in [6.45, 7) is 4.25. The Morgan fingerprint density at radius 3 is 1.00 bits per heavy atom. The summed E-state index contributed by atoms with van der Waals surface area (Å²) in [4.78, 5) is 0. The first kappa shape index (κ1) is 46.0.